The van der Waals surface area contributed by atoms with Crippen molar-refractivity contribution < 1.29 is 90.4 Å². The van der Waals surface area contributed by atoms with Crippen molar-refractivity contribution in [2.45, 2.75) is 57.8 Å². The molecule has 310 valence electrons. The monoisotopic (exact) mass is 867 g/mol. The smallest absolute Gasteiger partial charge is 0.481 e. The predicted molar refractivity (Wildman–Crippen MR) is 184 cm³/mol. The second-order valence-corrected chi connectivity index (χ2v) is 17.6. The SMILES string of the molecule is C[C@@H](C(=O)O)C(=O)SCCNC(=O)CCNC(=O)[C@H](O)C(C)(C)COP(=O)(O)OP(=O)(O)OC[C@H]1O[C@@H](n2cnc3c(N)ncnc32)[C@H](O)[C@@H]1OP(=O)(O)O. The van der Waals surface area contributed by atoms with Gasteiger partial charge >= 0.3 is 29.4 Å². The van der Waals surface area contributed by atoms with Crippen molar-refractivity contribution in [2.24, 2.45) is 11.3 Å². The van der Waals surface area contributed by atoms with Crippen molar-refractivity contribution >= 4 is 75.1 Å². The number of aliphatic hydroxyl groups excluding tert-OH is 2. The normalized spacial score (nSPS) is 22.3. The molecule has 2 aromatic rings. The van der Waals surface area contributed by atoms with Gasteiger partial charge in [-0.2, -0.15) is 4.31 Å². The second kappa shape index (κ2) is 19.0. The zero-order valence-corrected chi connectivity index (χ0v) is 32.5. The van der Waals surface area contributed by atoms with Crippen LogP contribution in [0.4, 0.5) is 5.82 Å². The lowest BCUT2D eigenvalue weighted by molar-refractivity contribution is -0.143. The maximum absolute atomic E-state index is 12.6. The van der Waals surface area contributed by atoms with Gasteiger partial charge in [0.1, 0.15) is 42.2 Å². The van der Waals surface area contributed by atoms with E-state index in [0.29, 0.717) is 0 Å². The Morgan fingerprint density at radius 2 is 1.71 bits per heavy atom. The van der Waals surface area contributed by atoms with Crippen LogP contribution in [0.25, 0.3) is 11.2 Å². The minimum atomic E-state index is -5.59. The summed E-state index contributed by atoms with van der Waals surface area (Å²) in [5.41, 5.74) is 4.19. The van der Waals surface area contributed by atoms with E-state index in [4.69, 9.17) is 24.6 Å². The van der Waals surface area contributed by atoms with Gasteiger partial charge in [-0.05, 0) is 6.92 Å². The van der Waals surface area contributed by atoms with Crippen LogP contribution in [0.5, 0.6) is 0 Å². The number of hydrogen-bond acceptors (Lipinski definition) is 19. The Morgan fingerprint density at radius 1 is 1.05 bits per heavy atom. The van der Waals surface area contributed by atoms with Crippen LogP contribution in [-0.4, -0.2) is 134 Å². The van der Waals surface area contributed by atoms with Crippen LogP contribution in [0.1, 0.15) is 33.4 Å². The number of aliphatic carboxylic acids is 1. The van der Waals surface area contributed by atoms with Crippen molar-refractivity contribution in [1.29, 1.82) is 0 Å². The summed E-state index contributed by atoms with van der Waals surface area (Å²) in [6.45, 7) is 1.35. The van der Waals surface area contributed by atoms with E-state index in [0.717, 1.165) is 29.0 Å². The maximum atomic E-state index is 12.6. The molecular formula is C25H40N7O19P3S. The number of aromatic nitrogens is 4. The average Bonchev–Trinajstić information content (AvgIpc) is 3.64. The van der Waals surface area contributed by atoms with E-state index in [1.807, 2.05) is 0 Å². The number of nitrogen functional groups attached to an aromatic ring is 1. The molecule has 1 aliphatic rings. The Bertz CT molecular complexity index is 1860. The number of amides is 2. The van der Waals surface area contributed by atoms with Crippen molar-refractivity contribution in [2.75, 3.05) is 37.8 Å². The third kappa shape index (κ3) is 13.6. The number of carboxylic acid groups (broad SMARTS) is 1. The number of thioether (sulfide) groups is 1. The molecule has 0 saturated carbocycles. The largest absolute Gasteiger partial charge is 0.481 e. The van der Waals surface area contributed by atoms with E-state index < -0.39 is 102 Å². The molecule has 0 radical (unpaired) electrons. The number of carboxylic acids is 1. The molecule has 1 fully saturated rings. The molecule has 2 amide bonds. The number of carbonyl (C=O) groups excluding carboxylic acids is 3. The van der Waals surface area contributed by atoms with Gasteiger partial charge in [0, 0.05) is 30.7 Å². The molecule has 1 aliphatic heterocycles. The summed E-state index contributed by atoms with van der Waals surface area (Å²) >= 11 is 0.726. The molecule has 55 heavy (non-hydrogen) atoms. The van der Waals surface area contributed by atoms with Gasteiger partial charge < -0.3 is 56.0 Å². The van der Waals surface area contributed by atoms with E-state index in [1.54, 1.807) is 0 Å². The van der Waals surface area contributed by atoms with E-state index in [1.165, 1.54) is 20.8 Å². The molecule has 26 nitrogen and oxygen atoms in total. The molecule has 11 N–H and O–H groups in total. The number of anilines is 1. The van der Waals surface area contributed by atoms with Crippen molar-refractivity contribution in [1.82, 2.24) is 30.2 Å². The van der Waals surface area contributed by atoms with Gasteiger partial charge in [0.05, 0.1) is 19.5 Å². The topological polar surface area (TPSA) is 401 Å². The molecule has 3 rings (SSSR count). The molecule has 2 aromatic heterocycles. The fraction of sp³-hybridized carbons (Fsp3) is 0.640. The molecule has 1 saturated heterocycles. The molecule has 0 spiro atoms. The molecule has 30 heteroatoms. The van der Waals surface area contributed by atoms with Crippen LogP contribution >= 0.6 is 35.2 Å². The van der Waals surface area contributed by atoms with Crippen molar-refractivity contribution in [3.8, 4) is 0 Å². The highest BCUT2D eigenvalue weighted by Crippen LogP contribution is 2.61. The van der Waals surface area contributed by atoms with E-state index in [9.17, 15) is 62.7 Å². The molecule has 3 heterocycles. The number of aliphatic hydroxyl groups is 2. The minimum Gasteiger partial charge on any atom is -0.481 e. The van der Waals surface area contributed by atoms with Gasteiger partial charge in [0.15, 0.2) is 17.7 Å². The quantitative estimate of drug-likeness (QED) is 0.0383. The van der Waals surface area contributed by atoms with Gasteiger partial charge in [-0.3, -0.25) is 37.3 Å². The van der Waals surface area contributed by atoms with Gasteiger partial charge in [-0.25, -0.2) is 28.6 Å². The van der Waals surface area contributed by atoms with Crippen molar-refractivity contribution in [3.63, 3.8) is 0 Å². The number of carbonyl (C=O) groups is 4. The fourth-order valence-corrected chi connectivity index (χ4v) is 8.09. The number of ether oxygens (including phenoxy) is 1. The number of phosphoric ester groups is 3. The number of nitrogens with two attached hydrogens (primary N) is 1. The van der Waals surface area contributed by atoms with E-state index in [2.05, 4.69) is 34.4 Å². The first-order valence-electron chi connectivity index (χ1n) is 15.6. The average molecular weight is 868 g/mol. The summed E-state index contributed by atoms with van der Waals surface area (Å²) in [4.78, 5) is 97.8. The molecular weight excluding hydrogens is 827 g/mol. The first-order valence-corrected chi connectivity index (χ1v) is 21.1. The Labute approximate surface area is 314 Å². The summed E-state index contributed by atoms with van der Waals surface area (Å²) in [6, 6.07) is 0. The highest BCUT2D eigenvalue weighted by molar-refractivity contribution is 8.13. The molecule has 0 aliphatic carbocycles. The number of fused-ring (bicyclic) bond motifs is 1. The van der Waals surface area contributed by atoms with Gasteiger partial charge in [0.2, 0.25) is 16.9 Å². The van der Waals surface area contributed by atoms with Crippen LogP contribution in [0.3, 0.4) is 0 Å². The number of nitrogens with zero attached hydrogens (tertiary/aromatic N) is 4. The number of imidazole rings is 1. The molecule has 8 atom stereocenters. The Kier molecular flexibility index (Phi) is 16.0. The fourth-order valence-electron chi connectivity index (χ4n) is 4.51. The lowest BCUT2D eigenvalue weighted by Gasteiger charge is -2.30. The summed E-state index contributed by atoms with van der Waals surface area (Å²) in [5.74, 6) is -4.01. The highest BCUT2D eigenvalue weighted by atomic mass is 32.2. The predicted octanol–water partition coefficient (Wildman–Crippen LogP) is -1.61. The van der Waals surface area contributed by atoms with E-state index >= 15 is 0 Å². The third-order valence-electron chi connectivity index (χ3n) is 7.47. The van der Waals surface area contributed by atoms with Crippen LogP contribution in [0.2, 0.25) is 0 Å². The van der Waals surface area contributed by atoms with Crippen LogP contribution in [0.15, 0.2) is 12.7 Å². The summed E-state index contributed by atoms with van der Waals surface area (Å²) < 4.78 is 61.9. The Morgan fingerprint density at radius 3 is 2.35 bits per heavy atom. The number of phosphoric acid groups is 3. The van der Waals surface area contributed by atoms with Crippen LogP contribution < -0.4 is 16.4 Å². The van der Waals surface area contributed by atoms with Crippen molar-refractivity contribution in [3.05, 3.63) is 12.7 Å². The minimum absolute atomic E-state index is 0.0183. The maximum Gasteiger partial charge on any atom is 0.481 e. The Balaban J connectivity index is 1.50. The first-order chi connectivity index (χ1) is 25.3. The van der Waals surface area contributed by atoms with Crippen LogP contribution in [-0.2, 0) is 55.5 Å². The Hall–Kier alpha value is -2.97. The zero-order valence-electron chi connectivity index (χ0n) is 29.0. The van der Waals surface area contributed by atoms with Gasteiger partial charge in [-0.15, -0.1) is 0 Å². The van der Waals surface area contributed by atoms with Gasteiger partial charge in [0.25, 0.3) is 0 Å². The number of rotatable bonds is 21. The second-order valence-electron chi connectivity index (χ2n) is 12.3. The molecule has 0 bridgehead atoms. The number of hydrogen-bond donors (Lipinski definition) is 10. The van der Waals surface area contributed by atoms with Gasteiger partial charge in [-0.1, -0.05) is 25.6 Å². The lowest BCUT2D eigenvalue weighted by atomic mass is 9.87. The molecule has 0 aromatic carbocycles. The zero-order chi connectivity index (χ0) is 41.5. The third-order valence-corrected chi connectivity index (χ3v) is 11.6. The first kappa shape index (κ1) is 46.4. The summed E-state index contributed by atoms with van der Waals surface area (Å²) in [5, 5.41) is 34.3. The lowest BCUT2D eigenvalue weighted by Crippen LogP contribution is -2.46. The summed E-state index contributed by atoms with van der Waals surface area (Å²) in [7, 11) is -16.4. The highest BCUT2D eigenvalue weighted by Gasteiger charge is 2.50. The summed E-state index contributed by atoms with van der Waals surface area (Å²) in [6.07, 6.45) is -7.13. The van der Waals surface area contributed by atoms with Crippen LogP contribution in [0, 0.1) is 11.3 Å². The van der Waals surface area contributed by atoms with E-state index in [-0.39, 0.29) is 42.2 Å². The number of nitrogens with one attached hydrogen (secondary N) is 2. The molecule has 2 unspecified atom stereocenters. The standard InChI is InChI=1S/C25H40N7O19P3S/c1-12(23(37)38)24(39)55-7-6-27-14(33)4-5-28-21(36)18(35)25(2,3)9-48-54(45,46)51-53(43,44)47-8-13-17(50-52(40,41)42)16(34)22(49-13)32-11-31-15-19(26)29-10-30-20(15)32/h10-13,16-18,22,34-35H,4-9H2,1-3H3,(H,27,33)(H,28,36)(H,37,38)(H,43,44)(H,45,46)(H2,26,29,30)(H2,40,41,42)/t12-,13+,16+,17+,18-,22+/m0/s1.